The van der Waals surface area contributed by atoms with Crippen molar-refractivity contribution in [3.8, 4) is 0 Å². The van der Waals surface area contributed by atoms with Crippen molar-refractivity contribution >= 4 is 5.84 Å². The molecule has 25 heavy (non-hydrogen) atoms. The summed E-state index contributed by atoms with van der Waals surface area (Å²) in [6.45, 7) is 14.3. The zero-order valence-corrected chi connectivity index (χ0v) is 18.5. The standard InChI is InChI=1S/C22H46N3/c1-9-13-14-16-18(5)19(6)25(8,21(15-10-2)24-23-7)22(12-4)17-20(22)11-3/h18-20,23H,9-17H2,1-8H3/q+1/b24-21-/t18-,19?,20?,22?,25?/m1/s1. The first-order chi connectivity index (χ1) is 11.9. The Hall–Kier alpha value is -0.570. The summed E-state index contributed by atoms with van der Waals surface area (Å²) in [7, 11) is 4.46. The highest BCUT2D eigenvalue weighted by molar-refractivity contribution is 5.76. The molecule has 1 aliphatic rings. The highest BCUT2D eigenvalue weighted by Gasteiger charge is 2.68. The van der Waals surface area contributed by atoms with Gasteiger partial charge >= 0.3 is 0 Å². The van der Waals surface area contributed by atoms with E-state index < -0.39 is 0 Å². The van der Waals surface area contributed by atoms with Gasteiger partial charge in [-0.1, -0.05) is 53.9 Å². The van der Waals surface area contributed by atoms with Gasteiger partial charge in [0, 0.05) is 38.1 Å². The van der Waals surface area contributed by atoms with Crippen molar-refractivity contribution in [1.29, 1.82) is 0 Å². The van der Waals surface area contributed by atoms with Crippen LogP contribution in [0.25, 0.3) is 0 Å². The van der Waals surface area contributed by atoms with Crippen LogP contribution in [-0.2, 0) is 0 Å². The summed E-state index contributed by atoms with van der Waals surface area (Å²) in [5, 5.41) is 4.85. The normalized spacial score (nSPS) is 28.3. The van der Waals surface area contributed by atoms with Crippen molar-refractivity contribution in [2.45, 2.75) is 111 Å². The number of hydrogen-bond donors (Lipinski definition) is 1. The minimum Gasteiger partial charge on any atom is -0.308 e. The molecule has 1 N–H and O–H groups in total. The fourth-order valence-electron chi connectivity index (χ4n) is 5.33. The highest BCUT2D eigenvalue weighted by Crippen LogP contribution is 2.58. The maximum Gasteiger partial charge on any atom is 0.220 e. The van der Waals surface area contributed by atoms with E-state index in [-0.39, 0.29) is 0 Å². The topological polar surface area (TPSA) is 24.4 Å². The second-order valence-electron chi connectivity index (χ2n) is 8.56. The summed E-state index contributed by atoms with van der Waals surface area (Å²) in [4.78, 5) is 0. The summed E-state index contributed by atoms with van der Waals surface area (Å²) in [5.74, 6) is 2.96. The lowest BCUT2D eigenvalue weighted by Crippen LogP contribution is -2.65. The van der Waals surface area contributed by atoms with Gasteiger partial charge < -0.3 is 5.43 Å². The molecule has 0 saturated heterocycles. The highest BCUT2D eigenvalue weighted by atomic mass is 15.5. The molecule has 0 aliphatic heterocycles. The Balaban J connectivity index is 3.21. The maximum absolute atomic E-state index is 4.85. The van der Waals surface area contributed by atoms with Gasteiger partial charge in [-0.2, -0.15) is 0 Å². The molecule has 5 atom stereocenters. The predicted octanol–water partition coefficient (Wildman–Crippen LogP) is 5.95. The van der Waals surface area contributed by atoms with Crippen LogP contribution in [0.3, 0.4) is 0 Å². The van der Waals surface area contributed by atoms with Crippen LogP contribution in [0, 0.1) is 11.8 Å². The first-order valence-corrected chi connectivity index (χ1v) is 11.0. The molecule has 0 amide bonds. The summed E-state index contributed by atoms with van der Waals surface area (Å²) in [6, 6.07) is 0.618. The molecule has 3 nitrogen and oxygen atoms in total. The lowest BCUT2D eigenvalue weighted by atomic mass is 9.89. The molecule has 3 heteroatoms. The Labute approximate surface area is 158 Å². The van der Waals surface area contributed by atoms with E-state index in [1.807, 2.05) is 7.05 Å². The van der Waals surface area contributed by atoms with Gasteiger partial charge in [-0.3, -0.25) is 4.48 Å². The Morgan fingerprint density at radius 2 is 1.84 bits per heavy atom. The van der Waals surface area contributed by atoms with E-state index in [2.05, 4.69) is 54.0 Å². The van der Waals surface area contributed by atoms with Gasteiger partial charge in [0.15, 0.2) is 0 Å². The van der Waals surface area contributed by atoms with E-state index in [9.17, 15) is 0 Å². The molecule has 0 heterocycles. The monoisotopic (exact) mass is 352 g/mol. The summed E-state index contributed by atoms with van der Waals surface area (Å²) in [6.07, 6.45) is 11.6. The molecule has 0 bridgehead atoms. The molecule has 0 aromatic carbocycles. The smallest absolute Gasteiger partial charge is 0.220 e. The van der Waals surface area contributed by atoms with Gasteiger partial charge in [-0.15, -0.1) is 5.10 Å². The van der Waals surface area contributed by atoms with Crippen molar-refractivity contribution in [2.24, 2.45) is 16.9 Å². The molecule has 1 saturated carbocycles. The van der Waals surface area contributed by atoms with Gasteiger partial charge in [0.1, 0.15) is 5.54 Å². The van der Waals surface area contributed by atoms with Crippen LogP contribution < -0.4 is 5.43 Å². The maximum atomic E-state index is 4.85. The lowest BCUT2D eigenvalue weighted by Gasteiger charge is -2.49. The second-order valence-corrected chi connectivity index (χ2v) is 8.56. The average Bonchev–Trinajstić information content (AvgIpc) is 3.35. The van der Waals surface area contributed by atoms with Gasteiger partial charge in [0.05, 0.1) is 13.1 Å². The molecule has 4 unspecified atom stereocenters. The third-order valence-electron chi connectivity index (χ3n) is 7.38. The van der Waals surface area contributed by atoms with Crippen LogP contribution >= 0.6 is 0 Å². The van der Waals surface area contributed by atoms with E-state index >= 15 is 0 Å². The van der Waals surface area contributed by atoms with Gasteiger partial charge in [-0.05, 0) is 26.2 Å². The summed E-state index contributed by atoms with van der Waals surface area (Å²) in [5.41, 5.74) is 3.53. The third-order valence-corrected chi connectivity index (χ3v) is 7.38. The lowest BCUT2D eigenvalue weighted by molar-refractivity contribution is -0.891. The van der Waals surface area contributed by atoms with Crippen molar-refractivity contribution < 1.29 is 4.48 Å². The number of quaternary nitrogens is 1. The largest absolute Gasteiger partial charge is 0.308 e. The van der Waals surface area contributed by atoms with Crippen molar-refractivity contribution in [1.82, 2.24) is 5.43 Å². The summed E-state index contributed by atoms with van der Waals surface area (Å²) < 4.78 is 1.06. The number of amidine groups is 1. The van der Waals surface area contributed by atoms with E-state index in [1.54, 1.807) is 0 Å². The second kappa shape index (κ2) is 9.94. The molecule has 148 valence electrons. The fourth-order valence-corrected chi connectivity index (χ4v) is 5.33. The predicted molar refractivity (Wildman–Crippen MR) is 112 cm³/mol. The SMILES string of the molecule is CCCCC[C@@H](C)C(C)[N+](C)(/C(CCC)=N\NC)C1(CC)CC1CC. The Bertz CT molecular complexity index is 419. The first-order valence-electron chi connectivity index (χ1n) is 11.0. The zero-order chi connectivity index (χ0) is 19.1. The average molecular weight is 353 g/mol. The van der Waals surface area contributed by atoms with Crippen LogP contribution in [-0.4, -0.2) is 36.0 Å². The minimum atomic E-state index is 0.401. The number of rotatable bonds is 12. The van der Waals surface area contributed by atoms with Crippen LogP contribution in [0.2, 0.25) is 0 Å². The Morgan fingerprint density at radius 3 is 2.28 bits per heavy atom. The third kappa shape index (κ3) is 4.40. The minimum absolute atomic E-state index is 0.401. The zero-order valence-electron chi connectivity index (χ0n) is 18.5. The Kier molecular flexibility index (Phi) is 8.94. The van der Waals surface area contributed by atoms with Crippen LogP contribution in [0.5, 0.6) is 0 Å². The number of hydrogen-bond acceptors (Lipinski definition) is 2. The van der Waals surface area contributed by atoms with Crippen LogP contribution in [0.15, 0.2) is 5.10 Å². The molecule has 0 spiro atoms. The van der Waals surface area contributed by atoms with Gasteiger partial charge in [0.2, 0.25) is 5.84 Å². The van der Waals surface area contributed by atoms with E-state index in [4.69, 9.17) is 5.10 Å². The van der Waals surface area contributed by atoms with Crippen LogP contribution in [0.1, 0.15) is 99.3 Å². The van der Waals surface area contributed by atoms with Crippen LogP contribution in [0.4, 0.5) is 0 Å². The number of nitrogens with zero attached hydrogens (tertiary/aromatic N) is 2. The number of hydrazone groups is 1. The molecule has 1 rings (SSSR count). The van der Waals surface area contributed by atoms with Crippen molar-refractivity contribution in [2.75, 3.05) is 14.1 Å². The van der Waals surface area contributed by atoms with Crippen molar-refractivity contribution in [3.05, 3.63) is 0 Å². The van der Waals surface area contributed by atoms with E-state index in [1.165, 1.54) is 57.2 Å². The number of unbranched alkanes of at least 4 members (excludes halogenated alkanes) is 2. The molecular weight excluding hydrogens is 306 g/mol. The van der Waals surface area contributed by atoms with Gasteiger partial charge in [-0.25, -0.2) is 0 Å². The van der Waals surface area contributed by atoms with Gasteiger partial charge in [0.25, 0.3) is 0 Å². The quantitative estimate of drug-likeness (QED) is 0.152. The summed E-state index contributed by atoms with van der Waals surface area (Å²) >= 11 is 0. The van der Waals surface area contributed by atoms with E-state index in [0.717, 1.165) is 22.7 Å². The van der Waals surface area contributed by atoms with Crippen molar-refractivity contribution in [3.63, 3.8) is 0 Å². The fraction of sp³-hybridized carbons (Fsp3) is 0.955. The first kappa shape index (κ1) is 22.5. The van der Waals surface area contributed by atoms with E-state index in [0.29, 0.717) is 11.6 Å². The molecule has 1 aliphatic carbocycles. The number of nitrogens with one attached hydrogen (secondary N) is 1. The molecular formula is C22H46N3+. The molecule has 0 aromatic heterocycles. The molecule has 1 fully saturated rings. The Morgan fingerprint density at radius 1 is 1.16 bits per heavy atom. The molecule has 0 aromatic rings. The molecule has 0 radical (unpaired) electrons.